The summed E-state index contributed by atoms with van der Waals surface area (Å²) in [4.78, 5) is 10.8. The molecule has 0 amide bonds. The summed E-state index contributed by atoms with van der Waals surface area (Å²) >= 11 is 3.35. The first kappa shape index (κ1) is 9.04. The molecule has 1 aliphatic carbocycles. The van der Waals surface area contributed by atoms with E-state index in [1.165, 1.54) is 19.3 Å². The highest BCUT2D eigenvalue weighted by Gasteiger charge is 2.27. The van der Waals surface area contributed by atoms with Crippen LogP contribution in [0.4, 0.5) is 0 Å². The summed E-state index contributed by atoms with van der Waals surface area (Å²) in [6, 6.07) is 0. The number of hydrogen-bond acceptors (Lipinski definition) is 2. The summed E-state index contributed by atoms with van der Waals surface area (Å²) in [6.07, 6.45) is 4.12. The standard InChI is InChI=1S/C8H13BrO2/c1-2-7(10)11-8(9)6-4-3-5-6/h6,8H,2-5H2,1H3. The molecule has 1 saturated carbocycles. The Kier molecular flexibility index (Phi) is 3.37. The molecule has 64 valence electrons. The van der Waals surface area contributed by atoms with Crippen LogP contribution in [0.2, 0.25) is 0 Å². The molecule has 0 saturated heterocycles. The molecule has 0 aromatic heterocycles. The molecule has 1 atom stereocenters. The Hall–Kier alpha value is -0.0500. The third-order valence-corrected chi connectivity index (χ3v) is 2.99. The van der Waals surface area contributed by atoms with E-state index in [1.807, 2.05) is 6.92 Å². The van der Waals surface area contributed by atoms with Crippen LogP contribution in [0.15, 0.2) is 0 Å². The Bertz CT molecular complexity index is 143. The van der Waals surface area contributed by atoms with E-state index in [2.05, 4.69) is 15.9 Å². The number of halogens is 1. The van der Waals surface area contributed by atoms with Crippen LogP contribution in [0.5, 0.6) is 0 Å². The van der Waals surface area contributed by atoms with Crippen LogP contribution in [0.3, 0.4) is 0 Å². The predicted octanol–water partition coefficient (Wildman–Crippen LogP) is 2.46. The average molecular weight is 221 g/mol. The highest BCUT2D eigenvalue weighted by atomic mass is 79.9. The number of carbonyl (C=O) groups excluding carboxylic acids is 1. The molecule has 0 spiro atoms. The van der Waals surface area contributed by atoms with Crippen molar-refractivity contribution in [3.8, 4) is 0 Å². The average Bonchev–Trinajstić information content (AvgIpc) is 1.83. The summed E-state index contributed by atoms with van der Waals surface area (Å²) in [5.74, 6) is 0.448. The highest BCUT2D eigenvalue weighted by Crippen LogP contribution is 2.33. The van der Waals surface area contributed by atoms with Crippen molar-refractivity contribution in [1.29, 1.82) is 0 Å². The molecule has 2 nitrogen and oxygen atoms in total. The quantitative estimate of drug-likeness (QED) is 0.540. The molecule has 1 unspecified atom stereocenters. The van der Waals surface area contributed by atoms with E-state index < -0.39 is 0 Å². The molecule has 0 aromatic carbocycles. The van der Waals surface area contributed by atoms with Gasteiger partial charge in [-0.25, -0.2) is 0 Å². The van der Waals surface area contributed by atoms with Gasteiger partial charge in [-0.15, -0.1) is 0 Å². The molecule has 1 aliphatic rings. The maximum atomic E-state index is 10.8. The van der Waals surface area contributed by atoms with Crippen molar-refractivity contribution in [2.45, 2.75) is 37.6 Å². The minimum absolute atomic E-state index is 0.0382. The fraction of sp³-hybridized carbons (Fsp3) is 0.875. The van der Waals surface area contributed by atoms with Gasteiger partial charge in [0.05, 0.1) is 0 Å². The topological polar surface area (TPSA) is 26.3 Å². The van der Waals surface area contributed by atoms with Gasteiger partial charge in [-0.2, -0.15) is 0 Å². The van der Waals surface area contributed by atoms with Gasteiger partial charge >= 0.3 is 5.97 Å². The molecule has 0 bridgehead atoms. The molecule has 3 heteroatoms. The smallest absolute Gasteiger partial charge is 0.306 e. The van der Waals surface area contributed by atoms with Gasteiger partial charge in [0.25, 0.3) is 0 Å². The maximum absolute atomic E-state index is 10.8. The fourth-order valence-corrected chi connectivity index (χ4v) is 1.74. The molecule has 0 aromatic rings. The van der Waals surface area contributed by atoms with Crippen molar-refractivity contribution in [2.24, 2.45) is 5.92 Å². The number of alkyl halides is 1. The summed E-state index contributed by atoms with van der Waals surface area (Å²) in [5, 5.41) is -0.0382. The largest absolute Gasteiger partial charge is 0.450 e. The van der Waals surface area contributed by atoms with Crippen LogP contribution in [0.1, 0.15) is 32.6 Å². The van der Waals surface area contributed by atoms with E-state index >= 15 is 0 Å². The molecule has 1 rings (SSSR count). The van der Waals surface area contributed by atoms with Gasteiger partial charge < -0.3 is 4.74 Å². The summed E-state index contributed by atoms with van der Waals surface area (Å²) < 4.78 is 5.08. The van der Waals surface area contributed by atoms with Gasteiger partial charge in [-0.05, 0) is 28.8 Å². The zero-order valence-corrected chi connectivity index (χ0v) is 8.26. The number of hydrogen-bond donors (Lipinski definition) is 0. The molecular formula is C8H13BrO2. The second kappa shape index (κ2) is 4.10. The van der Waals surface area contributed by atoms with Gasteiger partial charge in [0, 0.05) is 12.3 Å². The lowest BCUT2D eigenvalue weighted by atomic mass is 9.86. The SMILES string of the molecule is CCC(=O)OC(Br)C1CCC1. The van der Waals surface area contributed by atoms with Crippen LogP contribution < -0.4 is 0 Å². The van der Waals surface area contributed by atoms with Crippen molar-refractivity contribution < 1.29 is 9.53 Å². The Morgan fingerprint density at radius 1 is 1.73 bits per heavy atom. The fourth-order valence-electron chi connectivity index (χ4n) is 1.01. The Morgan fingerprint density at radius 2 is 2.36 bits per heavy atom. The van der Waals surface area contributed by atoms with E-state index in [1.54, 1.807) is 0 Å². The molecule has 0 aliphatic heterocycles. The van der Waals surface area contributed by atoms with Gasteiger partial charge in [0.1, 0.15) is 0 Å². The van der Waals surface area contributed by atoms with E-state index in [0.29, 0.717) is 12.3 Å². The second-order valence-corrected chi connectivity index (χ2v) is 3.79. The van der Waals surface area contributed by atoms with Gasteiger partial charge in [-0.1, -0.05) is 13.3 Å². The van der Waals surface area contributed by atoms with Crippen molar-refractivity contribution in [1.82, 2.24) is 0 Å². The van der Waals surface area contributed by atoms with E-state index in [-0.39, 0.29) is 11.0 Å². The minimum atomic E-state index is -0.112. The predicted molar refractivity (Wildman–Crippen MR) is 46.4 cm³/mol. The normalized spacial score (nSPS) is 20.5. The van der Waals surface area contributed by atoms with Crippen LogP contribution in [-0.4, -0.2) is 11.0 Å². The number of rotatable bonds is 3. The maximum Gasteiger partial charge on any atom is 0.306 e. The molecular weight excluding hydrogens is 208 g/mol. The van der Waals surface area contributed by atoms with E-state index in [4.69, 9.17) is 4.74 Å². The molecule has 1 fully saturated rings. The number of carbonyl (C=O) groups is 1. The van der Waals surface area contributed by atoms with Crippen molar-refractivity contribution >= 4 is 21.9 Å². The lowest BCUT2D eigenvalue weighted by Gasteiger charge is -2.29. The van der Waals surface area contributed by atoms with Crippen LogP contribution in [0, 0.1) is 5.92 Å². The molecule has 0 N–H and O–H groups in total. The number of ether oxygens (including phenoxy) is 1. The van der Waals surface area contributed by atoms with Crippen molar-refractivity contribution in [2.75, 3.05) is 0 Å². The van der Waals surface area contributed by atoms with E-state index in [9.17, 15) is 4.79 Å². The lowest BCUT2D eigenvalue weighted by molar-refractivity contribution is -0.147. The summed E-state index contributed by atoms with van der Waals surface area (Å²) in [7, 11) is 0. The molecule has 11 heavy (non-hydrogen) atoms. The monoisotopic (exact) mass is 220 g/mol. The van der Waals surface area contributed by atoms with Crippen LogP contribution >= 0.6 is 15.9 Å². The first-order chi connectivity index (χ1) is 5.24. The summed E-state index contributed by atoms with van der Waals surface area (Å²) in [5.41, 5.74) is 0. The van der Waals surface area contributed by atoms with Gasteiger partial charge in [0.2, 0.25) is 0 Å². The number of esters is 1. The van der Waals surface area contributed by atoms with Crippen LogP contribution in [-0.2, 0) is 9.53 Å². The Labute approximate surface area is 75.4 Å². The zero-order chi connectivity index (χ0) is 8.27. The highest BCUT2D eigenvalue weighted by molar-refractivity contribution is 9.09. The third kappa shape index (κ3) is 2.47. The molecule has 0 radical (unpaired) electrons. The first-order valence-corrected chi connectivity index (χ1v) is 4.99. The zero-order valence-electron chi connectivity index (χ0n) is 6.68. The van der Waals surface area contributed by atoms with Gasteiger partial charge in [0.15, 0.2) is 5.01 Å². The minimum Gasteiger partial charge on any atom is -0.450 e. The lowest BCUT2D eigenvalue weighted by Crippen LogP contribution is -2.26. The third-order valence-electron chi connectivity index (χ3n) is 2.05. The summed E-state index contributed by atoms with van der Waals surface area (Å²) in [6.45, 7) is 1.81. The Morgan fingerprint density at radius 3 is 2.73 bits per heavy atom. The van der Waals surface area contributed by atoms with Crippen molar-refractivity contribution in [3.63, 3.8) is 0 Å². The van der Waals surface area contributed by atoms with E-state index in [0.717, 1.165) is 0 Å². The molecule has 0 heterocycles. The van der Waals surface area contributed by atoms with Crippen LogP contribution in [0.25, 0.3) is 0 Å². The van der Waals surface area contributed by atoms with Crippen molar-refractivity contribution in [3.05, 3.63) is 0 Å². The Balaban J connectivity index is 2.19. The first-order valence-electron chi connectivity index (χ1n) is 4.07. The second-order valence-electron chi connectivity index (χ2n) is 2.89. The van der Waals surface area contributed by atoms with Gasteiger partial charge in [-0.3, -0.25) is 4.79 Å².